The van der Waals surface area contributed by atoms with E-state index in [1.54, 1.807) is 26.2 Å². The molecule has 7 heteroatoms. The molecule has 0 unspecified atom stereocenters. The van der Waals surface area contributed by atoms with E-state index >= 15 is 0 Å². The Morgan fingerprint density at radius 1 is 1.04 bits per heavy atom. The Bertz CT molecular complexity index is 792. The van der Waals surface area contributed by atoms with Crippen LogP contribution in [-0.4, -0.2) is 22.6 Å². The molecule has 2 aromatic carbocycles. The van der Waals surface area contributed by atoms with Crippen molar-refractivity contribution in [2.45, 2.75) is 17.9 Å². The summed E-state index contributed by atoms with van der Waals surface area (Å²) in [5, 5.41) is 0. The molecule has 0 heterocycles. The molecule has 1 atom stereocenters. The monoisotopic (exact) mass is 399 g/mol. The SMILES string of the molecule is COc1ccc(S(=O)(=O)N[C@H](C)c2ccccc2OC)cc1Br. The predicted octanol–water partition coefficient (Wildman–Crippen LogP) is 3.51. The fourth-order valence-corrected chi connectivity index (χ4v) is 4.14. The summed E-state index contributed by atoms with van der Waals surface area (Å²) in [6.07, 6.45) is 0. The molecule has 0 aliphatic rings. The van der Waals surface area contributed by atoms with Crippen molar-refractivity contribution in [3.63, 3.8) is 0 Å². The Labute approximate surface area is 144 Å². The van der Waals surface area contributed by atoms with Crippen molar-refractivity contribution in [3.8, 4) is 11.5 Å². The fraction of sp³-hybridized carbons (Fsp3) is 0.250. The molecule has 0 saturated heterocycles. The van der Waals surface area contributed by atoms with E-state index in [1.807, 2.05) is 18.2 Å². The van der Waals surface area contributed by atoms with Crippen LogP contribution < -0.4 is 14.2 Å². The third kappa shape index (κ3) is 4.04. The average molecular weight is 400 g/mol. The molecule has 0 aromatic heterocycles. The summed E-state index contributed by atoms with van der Waals surface area (Å²) in [5.41, 5.74) is 0.770. The van der Waals surface area contributed by atoms with Gasteiger partial charge in [0, 0.05) is 11.6 Å². The Morgan fingerprint density at radius 2 is 1.70 bits per heavy atom. The maximum absolute atomic E-state index is 12.6. The van der Waals surface area contributed by atoms with Crippen molar-refractivity contribution in [3.05, 3.63) is 52.5 Å². The van der Waals surface area contributed by atoms with E-state index in [0.29, 0.717) is 16.0 Å². The maximum atomic E-state index is 12.6. The average Bonchev–Trinajstić information content (AvgIpc) is 2.54. The Hall–Kier alpha value is -1.57. The zero-order valence-corrected chi connectivity index (χ0v) is 15.4. The lowest BCUT2D eigenvalue weighted by atomic mass is 10.1. The topological polar surface area (TPSA) is 64.6 Å². The summed E-state index contributed by atoms with van der Waals surface area (Å²) < 4.78 is 38.7. The molecule has 2 aromatic rings. The van der Waals surface area contributed by atoms with Gasteiger partial charge in [-0.3, -0.25) is 0 Å². The molecule has 0 amide bonds. The van der Waals surface area contributed by atoms with Gasteiger partial charge >= 0.3 is 0 Å². The van der Waals surface area contributed by atoms with E-state index in [2.05, 4.69) is 20.7 Å². The first kappa shape index (κ1) is 17.8. The van der Waals surface area contributed by atoms with Crippen LogP contribution in [0.1, 0.15) is 18.5 Å². The largest absolute Gasteiger partial charge is 0.496 e. The van der Waals surface area contributed by atoms with Crippen LogP contribution in [-0.2, 0) is 10.0 Å². The molecule has 0 aliphatic heterocycles. The first-order valence-corrected chi connectivity index (χ1v) is 9.15. The van der Waals surface area contributed by atoms with Crippen molar-refractivity contribution in [2.24, 2.45) is 0 Å². The highest BCUT2D eigenvalue weighted by Crippen LogP contribution is 2.29. The molecule has 0 saturated carbocycles. The lowest BCUT2D eigenvalue weighted by molar-refractivity contribution is 0.405. The molecule has 2 rings (SSSR count). The third-order valence-corrected chi connectivity index (χ3v) is 5.53. The van der Waals surface area contributed by atoms with Crippen molar-refractivity contribution < 1.29 is 17.9 Å². The molecule has 124 valence electrons. The molecule has 23 heavy (non-hydrogen) atoms. The first-order chi connectivity index (χ1) is 10.9. The molecule has 0 spiro atoms. The predicted molar refractivity (Wildman–Crippen MR) is 92.4 cm³/mol. The molecule has 0 radical (unpaired) electrons. The summed E-state index contributed by atoms with van der Waals surface area (Å²) in [6, 6.07) is 11.5. The summed E-state index contributed by atoms with van der Waals surface area (Å²) in [4.78, 5) is 0.159. The van der Waals surface area contributed by atoms with E-state index in [1.165, 1.54) is 19.2 Å². The Morgan fingerprint density at radius 3 is 2.30 bits per heavy atom. The van der Waals surface area contributed by atoms with Gasteiger partial charge in [-0.1, -0.05) is 18.2 Å². The van der Waals surface area contributed by atoms with Crippen LogP contribution in [0.15, 0.2) is 51.8 Å². The highest BCUT2D eigenvalue weighted by molar-refractivity contribution is 9.10. The number of ether oxygens (including phenoxy) is 2. The molecule has 0 bridgehead atoms. The molecule has 0 aliphatic carbocycles. The second-order valence-electron chi connectivity index (χ2n) is 4.88. The zero-order valence-electron chi connectivity index (χ0n) is 13.0. The minimum atomic E-state index is -3.67. The standard InChI is InChI=1S/C16H18BrNO4S/c1-11(13-6-4-5-7-15(13)21-2)18-23(19,20)12-8-9-16(22-3)14(17)10-12/h4-11,18H,1-3H3/t11-/m1/s1. The molecule has 1 N–H and O–H groups in total. The minimum Gasteiger partial charge on any atom is -0.496 e. The van der Waals surface area contributed by atoms with E-state index in [9.17, 15) is 8.42 Å². The van der Waals surface area contributed by atoms with Crippen molar-refractivity contribution in [1.82, 2.24) is 4.72 Å². The van der Waals surface area contributed by atoms with Crippen molar-refractivity contribution in [1.29, 1.82) is 0 Å². The van der Waals surface area contributed by atoms with Gasteiger partial charge in [0.25, 0.3) is 0 Å². The quantitative estimate of drug-likeness (QED) is 0.806. The second-order valence-corrected chi connectivity index (χ2v) is 7.45. The van der Waals surface area contributed by atoms with Crippen LogP contribution in [0.25, 0.3) is 0 Å². The fourth-order valence-electron chi connectivity index (χ4n) is 2.20. The zero-order chi connectivity index (χ0) is 17.0. The number of rotatable bonds is 6. The van der Waals surface area contributed by atoms with Gasteiger partial charge in [0.15, 0.2) is 0 Å². The maximum Gasteiger partial charge on any atom is 0.241 e. The van der Waals surface area contributed by atoms with E-state index < -0.39 is 16.1 Å². The van der Waals surface area contributed by atoms with Crippen molar-refractivity contribution in [2.75, 3.05) is 14.2 Å². The molecule has 0 fully saturated rings. The van der Waals surface area contributed by atoms with Gasteiger partial charge in [-0.15, -0.1) is 0 Å². The second kappa shape index (κ2) is 7.33. The van der Waals surface area contributed by atoms with Crippen LogP contribution in [0, 0.1) is 0 Å². The Kier molecular flexibility index (Phi) is 5.67. The van der Waals surface area contributed by atoms with Gasteiger partial charge in [-0.2, -0.15) is 0 Å². The van der Waals surface area contributed by atoms with Gasteiger partial charge in [0.2, 0.25) is 10.0 Å². The summed E-state index contributed by atoms with van der Waals surface area (Å²) >= 11 is 3.30. The molecular formula is C16H18BrNO4S. The van der Waals surface area contributed by atoms with Crippen LogP contribution in [0.3, 0.4) is 0 Å². The van der Waals surface area contributed by atoms with E-state index in [-0.39, 0.29) is 4.90 Å². The lowest BCUT2D eigenvalue weighted by Gasteiger charge is -2.17. The molecular weight excluding hydrogens is 382 g/mol. The van der Waals surface area contributed by atoms with Crippen LogP contribution in [0.4, 0.5) is 0 Å². The van der Waals surface area contributed by atoms with Gasteiger partial charge in [-0.25, -0.2) is 13.1 Å². The lowest BCUT2D eigenvalue weighted by Crippen LogP contribution is -2.27. The number of sulfonamides is 1. The number of hydrogen-bond donors (Lipinski definition) is 1. The highest BCUT2D eigenvalue weighted by atomic mass is 79.9. The van der Waals surface area contributed by atoms with Crippen molar-refractivity contribution >= 4 is 26.0 Å². The number of hydrogen-bond acceptors (Lipinski definition) is 4. The van der Waals surface area contributed by atoms with Gasteiger partial charge < -0.3 is 9.47 Å². The minimum absolute atomic E-state index is 0.159. The number of methoxy groups -OCH3 is 2. The summed E-state index contributed by atoms with van der Waals surface area (Å²) in [6.45, 7) is 1.77. The van der Waals surface area contributed by atoms with Crippen LogP contribution in [0.5, 0.6) is 11.5 Å². The van der Waals surface area contributed by atoms with Gasteiger partial charge in [0.05, 0.1) is 23.6 Å². The van der Waals surface area contributed by atoms with Crippen LogP contribution >= 0.6 is 15.9 Å². The summed E-state index contributed by atoms with van der Waals surface area (Å²) in [5.74, 6) is 1.21. The van der Waals surface area contributed by atoms with Gasteiger partial charge in [-0.05, 0) is 47.1 Å². The Balaban J connectivity index is 2.29. The normalized spacial score (nSPS) is 12.7. The number of benzene rings is 2. The molecule has 5 nitrogen and oxygen atoms in total. The third-order valence-electron chi connectivity index (χ3n) is 3.37. The van der Waals surface area contributed by atoms with E-state index in [0.717, 1.165) is 5.56 Å². The highest BCUT2D eigenvalue weighted by Gasteiger charge is 2.21. The number of para-hydroxylation sites is 1. The number of nitrogens with one attached hydrogen (secondary N) is 1. The van der Waals surface area contributed by atoms with E-state index in [4.69, 9.17) is 9.47 Å². The van der Waals surface area contributed by atoms with Crippen LogP contribution in [0.2, 0.25) is 0 Å². The first-order valence-electron chi connectivity index (χ1n) is 6.88. The van der Waals surface area contributed by atoms with Gasteiger partial charge in [0.1, 0.15) is 11.5 Å². The number of halogens is 1. The smallest absolute Gasteiger partial charge is 0.241 e. The summed E-state index contributed by atoms with van der Waals surface area (Å²) in [7, 11) is -0.591.